The highest BCUT2D eigenvalue weighted by Gasteiger charge is 2.10. The first-order chi connectivity index (χ1) is 9.04. The van der Waals surface area contributed by atoms with E-state index < -0.39 is 12.4 Å². The molecule has 2 rings (SSSR count). The van der Waals surface area contributed by atoms with Crippen LogP contribution < -0.4 is 4.74 Å². The van der Waals surface area contributed by atoms with Crippen LogP contribution in [0.25, 0.3) is 0 Å². The monoisotopic (exact) mass is 286 g/mol. The number of rotatable bonds is 4. The molecule has 1 aromatic carbocycles. The fourth-order valence-electron chi connectivity index (χ4n) is 1.50. The Morgan fingerprint density at radius 1 is 1.16 bits per heavy atom. The SMILES string of the molecule is Fc1cncc([CH]c2ccc(Cl)c(OC(F)F)c2)c1. The van der Waals surface area contributed by atoms with E-state index in [1.807, 2.05) is 0 Å². The summed E-state index contributed by atoms with van der Waals surface area (Å²) >= 11 is 5.72. The Hall–Kier alpha value is -1.75. The molecule has 0 fully saturated rings. The molecule has 1 radical (unpaired) electrons. The number of ether oxygens (including phenoxy) is 1. The predicted octanol–water partition coefficient (Wildman–Crippen LogP) is 4.08. The summed E-state index contributed by atoms with van der Waals surface area (Å²) in [4.78, 5) is 3.69. The summed E-state index contributed by atoms with van der Waals surface area (Å²) < 4.78 is 41.6. The molecule has 0 aliphatic heterocycles. The normalized spacial score (nSPS) is 10.8. The lowest BCUT2D eigenvalue weighted by molar-refractivity contribution is -0.0498. The largest absolute Gasteiger partial charge is 0.433 e. The second-order valence-corrected chi connectivity index (χ2v) is 4.06. The van der Waals surface area contributed by atoms with Crippen LogP contribution in [0, 0.1) is 12.2 Å². The van der Waals surface area contributed by atoms with Crippen molar-refractivity contribution in [2.45, 2.75) is 6.61 Å². The average molecular weight is 287 g/mol. The Balaban J connectivity index is 2.21. The van der Waals surface area contributed by atoms with E-state index in [-0.39, 0.29) is 10.8 Å². The van der Waals surface area contributed by atoms with Gasteiger partial charge in [-0.1, -0.05) is 17.7 Å². The van der Waals surface area contributed by atoms with Crippen LogP contribution in [0.2, 0.25) is 5.02 Å². The van der Waals surface area contributed by atoms with E-state index in [9.17, 15) is 13.2 Å². The van der Waals surface area contributed by atoms with Crippen LogP contribution in [0.5, 0.6) is 5.75 Å². The molecule has 99 valence electrons. The second-order valence-electron chi connectivity index (χ2n) is 3.65. The van der Waals surface area contributed by atoms with Crippen molar-refractivity contribution in [1.29, 1.82) is 0 Å². The molecular formula is C13H8ClF3NO. The van der Waals surface area contributed by atoms with Crippen LogP contribution in [-0.4, -0.2) is 11.6 Å². The molecule has 1 aromatic heterocycles. The second kappa shape index (κ2) is 5.93. The van der Waals surface area contributed by atoms with Crippen molar-refractivity contribution in [2.75, 3.05) is 0 Å². The summed E-state index contributed by atoms with van der Waals surface area (Å²) in [5.74, 6) is -0.610. The molecule has 0 spiro atoms. The number of aromatic nitrogens is 1. The maximum Gasteiger partial charge on any atom is 0.387 e. The molecule has 0 bridgehead atoms. The fraction of sp³-hybridized carbons (Fsp3) is 0.0769. The van der Waals surface area contributed by atoms with E-state index >= 15 is 0 Å². The first kappa shape index (κ1) is 13.7. The van der Waals surface area contributed by atoms with Crippen LogP contribution in [0.3, 0.4) is 0 Å². The highest BCUT2D eigenvalue weighted by Crippen LogP contribution is 2.28. The molecule has 0 unspecified atom stereocenters. The molecule has 0 saturated heterocycles. The number of alkyl halides is 2. The van der Waals surface area contributed by atoms with Gasteiger partial charge in [0.25, 0.3) is 0 Å². The van der Waals surface area contributed by atoms with E-state index in [4.69, 9.17) is 11.6 Å². The van der Waals surface area contributed by atoms with Gasteiger partial charge in [-0.2, -0.15) is 8.78 Å². The minimum Gasteiger partial charge on any atom is -0.433 e. The Labute approximate surface area is 112 Å². The van der Waals surface area contributed by atoms with Gasteiger partial charge in [-0.25, -0.2) is 4.39 Å². The number of hydrogen-bond donors (Lipinski definition) is 0. The zero-order valence-electron chi connectivity index (χ0n) is 9.49. The zero-order valence-corrected chi connectivity index (χ0v) is 10.2. The van der Waals surface area contributed by atoms with Crippen LogP contribution in [0.1, 0.15) is 11.1 Å². The van der Waals surface area contributed by atoms with E-state index in [0.29, 0.717) is 11.1 Å². The van der Waals surface area contributed by atoms with E-state index in [1.165, 1.54) is 24.4 Å². The zero-order chi connectivity index (χ0) is 13.8. The summed E-state index contributed by atoms with van der Waals surface area (Å²) in [5, 5.41) is 0.0785. The maximum absolute atomic E-state index is 13.0. The smallest absolute Gasteiger partial charge is 0.387 e. The molecule has 1 heterocycles. The molecule has 19 heavy (non-hydrogen) atoms. The van der Waals surface area contributed by atoms with Gasteiger partial charge >= 0.3 is 6.61 Å². The number of halogens is 4. The fourth-order valence-corrected chi connectivity index (χ4v) is 1.66. The molecule has 2 aromatic rings. The van der Waals surface area contributed by atoms with Crippen LogP contribution in [-0.2, 0) is 0 Å². The van der Waals surface area contributed by atoms with Crippen LogP contribution in [0.4, 0.5) is 13.2 Å². The lowest BCUT2D eigenvalue weighted by Gasteiger charge is -2.08. The van der Waals surface area contributed by atoms with Crippen molar-refractivity contribution in [1.82, 2.24) is 4.98 Å². The van der Waals surface area contributed by atoms with Gasteiger partial charge in [-0.05, 0) is 29.3 Å². The van der Waals surface area contributed by atoms with Crippen molar-refractivity contribution in [2.24, 2.45) is 0 Å². The molecule has 0 amide bonds. The number of pyridine rings is 1. The predicted molar refractivity (Wildman–Crippen MR) is 64.8 cm³/mol. The van der Waals surface area contributed by atoms with Crippen LogP contribution in [0.15, 0.2) is 36.7 Å². The Morgan fingerprint density at radius 2 is 1.95 bits per heavy atom. The Bertz CT molecular complexity index is 578. The lowest BCUT2D eigenvalue weighted by atomic mass is 10.1. The van der Waals surface area contributed by atoms with Crippen molar-refractivity contribution >= 4 is 11.6 Å². The first-order valence-electron chi connectivity index (χ1n) is 5.24. The molecule has 0 aliphatic carbocycles. The summed E-state index contributed by atoms with van der Waals surface area (Å²) in [7, 11) is 0. The molecule has 0 aliphatic rings. The van der Waals surface area contributed by atoms with Gasteiger partial charge in [0.05, 0.1) is 11.2 Å². The molecule has 6 heteroatoms. The third-order valence-corrected chi connectivity index (χ3v) is 2.54. The average Bonchev–Trinajstić information content (AvgIpc) is 2.33. The van der Waals surface area contributed by atoms with Crippen molar-refractivity contribution in [3.8, 4) is 5.75 Å². The quantitative estimate of drug-likeness (QED) is 0.845. The van der Waals surface area contributed by atoms with Crippen molar-refractivity contribution in [3.63, 3.8) is 0 Å². The maximum atomic E-state index is 13.0. The summed E-state index contributed by atoms with van der Waals surface area (Å²) in [6, 6.07) is 5.65. The standard InChI is InChI=1S/C13H8ClF3NO/c14-11-2-1-8(5-12(11)19-13(16)17)3-9-4-10(15)7-18-6-9/h1-7,13H. The minimum absolute atomic E-state index is 0.0785. The molecule has 2 nitrogen and oxygen atoms in total. The third-order valence-electron chi connectivity index (χ3n) is 2.23. The summed E-state index contributed by atoms with van der Waals surface area (Å²) in [5.41, 5.74) is 1.05. The molecule has 0 saturated carbocycles. The Morgan fingerprint density at radius 3 is 2.63 bits per heavy atom. The van der Waals surface area contributed by atoms with E-state index in [0.717, 1.165) is 6.20 Å². The van der Waals surface area contributed by atoms with Gasteiger partial charge in [-0.3, -0.25) is 4.98 Å². The Kier molecular flexibility index (Phi) is 4.27. The van der Waals surface area contributed by atoms with Gasteiger partial charge in [0, 0.05) is 12.6 Å². The minimum atomic E-state index is -2.96. The molecule has 0 N–H and O–H groups in total. The van der Waals surface area contributed by atoms with E-state index in [2.05, 4.69) is 9.72 Å². The van der Waals surface area contributed by atoms with Gasteiger partial charge < -0.3 is 4.74 Å². The molecule has 0 atom stereocenters. The van der Waals surface area contributed by atoms with Gasteiger partial charge in [0.15, 0.2) is 0 Å². The van der Waals surface area contributed by atoms with Gasteiger partial charge in [-0.15, -0.1) is 0 Å². The number of benzene rings is 1. The highest BCUT2D eigenvalue weighted by atomic mass is 35.5. The van der Waals surface area contributed by atoms with Gasteiger partial charge in [0.2, 0.25) is 0 Å². The third kappa shape index (κ3) is 3.86. The lowest BCUT2D eigenvalue weighted by Crippen LogP contribution is -2.02. The first-order valence-corrected chi connectivity index (χ1v) is 5.62. The number of hydrogen-bond acceptors (Lipinski definition) is 2. The highest BCUT2D eigenvalue weighted by molar-refractivity contribution is 6.32. The van der Waals surface area contributed by atoms with Crippen molar-refractivity contribution < 1.29 is 17.9 Å². The van der Waals surface area contributed by atoms with Crippen LogP contribution >= 0.6 is 11.6 Å². The van der Waals surface area contributed by atoms with E-state index in [1.54, 1.807) is 12.5 Å². The topological polar surface area (TPSA) is 22.1 Å². The molecular weight excluding hydrogens is 279 g/mol. The van der Waals surface area contributed by atoms with Gasteiger partial charge in [0.1, 0.15) is 11.6 Å². The number of nitrogens with zero attached hydrogens (tertiary/aromatic N) is 1. The van der Waals surface area contributed by atoms with Crippen molar-refractivity contribution in [3.05, 3.63) is 65.0 Å². The summed E-state index contributed by atoms with van der Waals surface area (Å²) in [6.07, 6.45) is 4.10. The summed E-state index contributed by atoms with van der Waals surface area (Å²) in [6.45, 7) is -2.96.